The monoisotopic (exact) mass is 2060 g/mol. The summed E-state index contributed by atoms with van der Waals surface area (Å²) in [6.07, 6.45) is 17.5. The predicted octanol–water partition coefficient (Wildman–Crippen LogP) is 22.8. The maximum absolute atomic E-state index is 12.4. The molecular formula is C101H128B3Br2Cl4N15O11. The highest BCUT2D eigenvalue weighted by atomic mass is 79.9. The first-order valence-electron chi connectivity index (χ1n) is 45.5. The van der Waals surface area contributed by atoms with Crippen LogP contribution in [0.3, 0.4) is 0 Å². The Morgan fingerprint density at radius 3 is 1.39 bits per heavy atom. The fraction of sp³-hybridized carbons (Fsp3) is 0.416. The number of ketones is 3. The molecule has 136 heavy (non-hydrogen) atoms. The third kappa shape index (κ3) is 32.3. The van der Waals surface area contributed by atoms with Gasteiger partial charge in [-0.1, -0.05) is 130 Å². The minimum absolute atomic E-state index is 0.0537. The van der Waals surface area contributed by atoms with Crippen molar-refractivity contribution in [3.05, 3.63) is 221 Å². The molecule has 0 bridgehead atoms. The van der Waals surface area contributed by atoms with Gasteiger partial charge in [-0.3, -0.25) is 34.2 Å². The Kier molecular flexibility index (Phi) is 40.0. The lowest BCUT2D eigenvalue weighted by molar-refractivity contribution is -0.121. The largest absolute Gasteiger partial charge is 0.494 e. The van der Waals surface area contributed by atoms with Crippen molar-refractivity contribution < 1.29 is 51.9 Å². The van der Waals surface area contributed by atoms with Crippen molar-refractivity contribution in [2.75, 3.05) is 17.1 Å². The van der Waals surface area contributed by atoms with Crippen LogP contribution in [-0.4, -0.2) is 166 Å². The molecule has 0 saturated carbocycles. The number of amides is 1. The summed E-state index contributed by atoms with van der Waals surface area (Å²) in [5.41, 5.74) is 14.3. The van der Waals surface area contributed by atoms with Crippen LogP contribution in [0.4, 0.5) is 11.5 Å². The van der Waals surface area contributed by atoms with Crippen LogP contribution in [0.25, 0.3) is 76.8 Å². The molecule has 3 saturated heterocycles. The van der Waals surface area contributed by atoms with E-state index in [0.29, 0.717) is 74.3 Å². The second-order valence-electron chi connectivity index (χ2n) is 38.5. The summed E-state index contributed by atoms with van der Waals surface area (Å²) in [7, 11) is -1.34. The number of anilines is 2. The highest BCUT2D eigenvalue weighted by molar-refractivity contribution is 9.10. The number of carbonyl (C=O) groups is 5. The molecule has 0 spiro atoms. The van der Waals surface area contributed by atoms with Gasteiger partial charge in [-0.25, -0.2) is 19.9 Å². The molecule has 3 aliphatic heterocycles. The Bertz CT molecular complexity index is 6240. The van der Waals surface area contributed by atoms with Crippen molar-refractivity contribution in [2.45, 2.75) is 243 Å². The van der Waals surface area contributed by atoms with Crippen LogP contribution >= 0.6 is 78.3 Å². The van der Waals surface area contributed by atoms with Crippen molar-refractivity contribution in [3.8, 4) is 11.4 Å². The number of halogens is 6. The van der Waals surface area contributed by atoms with Crippen molar-refractivity contribution in [2.24, 2.45) is 23.5 Å². The maximum atomic E-state index is 12.4. The Morgan fingerprint density at radius 1 is 0.478 bits per heavy atom. The minimum Gasteiger partial charge on any atom is -0.405 e. The maximum Gasteiger partial charge on any atom is 0.494 e. The number of Topliss-reactive ketones (excluding diaryl/α,β-unsaturated/α-hetero) is 3. The number of hydrogen-bond acceptors (Lipinski definition) is 19. The molecule has 35 heteroatoms. The van der Waals surface area contributed by atoms with Crippen LogP contribution in [0.2, 0.25) is 5.28 Å². The fourth-order valence-electron chi connectivity index (χ4n) is 14.2. The van der Waals surface area contributed by atoms with Gasteiger partial charge in [-0.15, -0.1) is 23.2 Å². The van der Waals surface area contributed by atoms with Crippen LogP contribution in [-0.2, 0) is 78.0 Å². The number of carbonyl (C=O) groups excluding carboxylic acids is 5. The van der Waals surface area contributed by atoms with E-state index in [9.17, 15) is 24.0 Å². The SMILES string of the molecule is Brc1ccc2cc[nH]c2c1.CC(C)CC(=O)Cn1ccc2ccc(-c3nccc(Cc4ccc5[nH]ncc5c4)n3)cc21.CC(C)CC(=O)Cn1ccc2ccc(B3OC(C)(C)C(C)(C)O3)cc21.CC(C)CC(=O)Cn1ccc2ccc(Br)cc21.CC(C)N.CC(C)NC(=O)CCl.CC1(C)OB(B2OC(C)(C)C(C)(C)O2)OC1(C)C.Clc1nccc(Nc2ccc3[nH]ncc3c2)n1.O=C(Cl)CCl. The predicted molar refractivity (Wildman–Crippen MR) is 562 cm³/mol. The van der Waals surface area contributed by atoms with E-state index < -0.39 is 19.3 Å². The number of hydrogen-bond donors (Lipinski definition) is 6. The van der Waals surface area contributed by atoms with Crippen LogP contribution in [0.15, 0.2) is 204 Å². The molecule has 7 N–H and O–H groups in total. The molecule has 0 unspecified atom stereocenters. The van der Waals surface area contributed by atoms with Gasteiger partial charge in [-0.05, 0) is 280 Å². The van der Waals surface area contributed by atoms with Gasteiger partial charge < -0.3 is 63.0 Å². The van der Waals surface area contributed by atoms with Gasteiger partial charge in [0.25, 0.3) is 0 Å². The number of nitrogens with one attached hydrogen (secondary N) is 5. The average molecular weight is 2060 g/mol. The lowest BCUT2D eigenvalue weighted by Gasteiger charge is -2.32. The van der Waals surface area contributed by atoms with E-state index in [4.69, 9.17) is 85.0 Å². The summed E-state index contributed by atoms with van der Waals surface area (Å²) in [5.74, 6) is 3.17. The molecule has 724 valence electrons. The number of nitrogens with zero attached hydrogens (tertiary/aromatic N) is 9. The summed E-state index contributed by atoms with van der Waals surface area (Å²) in [4.78, 5) is 76.5. The number of nitrogens with two attached hydrogens (primary N) is 1. The van der Waals surface area contributed by atoms with Crippen molar-refractivity contribution in [1.82, 2.24) is 64.3 Å². The first kappa shape index (κ1) is 110. The zero-order chi connectivity index (χ0) is 100.0. The number of H-pyrrole nitrogens is 3. The van der Waals surface area contributed by atoms with Crippen LogP contribution < -0.4 is 21.8 Å². The van der Waals surface area contributed by atoms with Crippen molar-refractivity contribution >= 4 is 210 Å². The van der Waals surface area contributed by atoms with Gasteiger partial charge in [0, 0.05) is 128 Å². The number of fused-ring (bicyclic) bond motifs is 6. The van der Waals surface area contributed by atoms with E-state index in [2.05, 4.69) is 219 Å². The first-order chi connectivity index (χ1) is 63.9. The summed E-state index contributed by atoms with van der Waals surface area (Å²) >= 11 is 27.3. The minimum atomic E-state index is -0.508. The number of aromatic nitrogens is 12. The highest BCUT2D eigenvalue weighted by Gasteiger charge is 2.64. The van der Waals surface area contributed by atoms with Gasteiger partial charge in [0.1, 0.15) is 11.7 Å². The van der Waals surface area contributed by atoms with Crippen molar-refractivity contribution in [3.63, 3.8) is 0 Å². The molecule has 0 atom stereocenters. The summed E-state index contributed by atoms with van der Waals surface area (Å²) in [5, 5.41) is 26.2. The van der Waals surface area contributed by atoms with E-state index in [-0.39, 0.29) is 87.1 Å². The van der Waals surface area contributed by atoms with Gasteiger partial charge in [0.2, 0.25) is 16.4 Å². The van der Waals surface area contributed by atoms with Gasteiger partial charge in [0.05, 0.1) is 82.5 Å². The Balaban J connectivity index is 0.000000181. The quantitative estimate of drug-likeness (QED) is 0.0159. The Morgan fingerprint density at radius 2 is 0.919 bits per heavy atom. The van der Waals surface area contributed by atoms with E-state index in [1.165, 1.54) is 21.9 Å². The molecule has 0 aliphatic carbocycles. The van der Waals surface area contributed by atoms with E-state index in [1.807, 2.05) is 207 Å². The fourth-order valence-corrected chi connectivity index (χ4v) is 15.2. The second-order valence-corrected chi connectivity index (χ2v) is 41.6. The molecule has 3 fully saturated rings. The normalized spacial score (nSPS) is 15.1. The van der Waals surface area contributed by atoms with E-state index >= 15 is 0 Å². The molecule has 0 radical (unpaired) electrons. The highest BCUT2D eigenvalue weighted by Crippen LogP contribution is 2.44. The molecule has 6 aromatic carbocycles. The summed E-state index contributed by atoms with van der Waals surface area (Å²) in [6.45, 7) is 45.8. The molecule has 8 aromatic heterocycles. The zero-order valence-corrected chi connectivity index (χ0v) is 88.0. The van der Waals surface area contributed by atoms with Gasteiger partial charge >= 0.3 is 21.1 Å². The molecule has 3 aliphatic rings. The third-order valence-corrected chi connectivity index (χ3v) is 24.9. The number of rotatable bonds is 22. The first-order valence-corrected chi connectivity index (χ1v) is 48.9. The Hall–Kier alpha value is -9.44. The molecular weight excluding hydrogens is 1930 g/mol. The number of alkyl halides is 2. The van der Waals surface area contributed by atoms with Crippen molar-refractivity contribution in [1.29, 1.82) is 0 Å². The lowest BCUT2D eigenvalue weighted by atomic mass is 9.49. The van der Waals surface area contributed by atoms with Gasteiger partial charge in [-0.2, -0.15) is 10.2 Å². The van der Waals surface area contributed by atoms with Gasteiger partial charge in [0.15, 0.2) is 23.2 Å². The Labute approximate surface area is 836 Å². The van der Waals surface area contributed by atoms with E-state index in [0.717, 1.165) is 86.9 Å². The molecule has 11 heterocycles. The number of aromatic amines is 3. The lowest BCUT2D eigenvalue weighted by Crippen LogP contribution is -2.41. The van der Waals surface area contributed by atoms with Crippen LogP contribution in [0.5, 0.6) is 0 Å². The molecule has 17 rings (SSSR count). The van der Waals surface area contributed by atoms with Crippen LogP contribution in [0.1, 0.15) is 183 Å². The third-order valence-electron chi connectivity index (χ3n) is 22.9. The topological polar surface area (TPSA) is 330 Å². The second kappa shape index (κ2) is 49.4. The van der Waals surface area contributed by atoms with Crippen LogP contribution in [0, 0.1) is 17.8 Å². The van der Waals surface area contributed by atoms with E-state index in [1.54, 1.807) is 18.5 Å². The smallest absolute Gasteiger partial charge is 0.405 e. The number of benzene rings is 6. The summed E-state index contributed by atoms with van der Waals surface area (Å²) < 4.78 is 44.4. The standard InChI is InChI=1S/C26H25N5O.C20H28BNO3.C14H16BrNO.C12H24B2O4.C11H8ClN5.C8H6BrN.C5H10ClNO.C3H9N.C2H2Cl2O/c1-17(2)11-23(32)16-31-10-8-19-4-5-20(14-25(19)31)26-27-9-7-22(29-26)13-18-3-6-24-21(12-18)15-28-30-24;1-14(2)11-17(23)13-22-10-9-15-7-8-16(12-18(15)22)21-24-19(3,4)20(5,6)25-21;1-10(2)7-13(17)9-16-6-5-11-3-4-12(15)8-14(11)16;1-9(2)10(3,4)16-13(15-9)14-17-11(5,6)12(7,8)18-14;12-11-13-4-3-10(16-11)15-8-1-2-9-7(5-8)6-14-17-9;9-7-2-1-6-3-4-10-8(6)5-7;1-4(2)7-5(8)3-6;1-3(2)4;3-1-2(4)5/h3-10,12,14-15,17H,11,13,16H2,1-2H3,(H,28,30);7-10,12,14H,11,13H2,1-6H3;3-6,8,10H,7,9H2,1-2H3;1-8H3;1-6H,(H,14,17)(H,13,15,16);1-5,10H;4H,3H2,1-2H3,(H,7,8);3H,4H2,1-2H3;1H2. The molecule has 1 amide bonds. The molecule has 26 nitrogen and oxygen atoms in total. The average Bonchev–Trinajstić information content (AvgIpc) is 1.60. The molecule has 14 aromatic rings. The summed E-state index contributed by atoms with van der Waals surface area (Å²) in [6, 6.07) is 49.3. The zero-order valence-electron chi connectivity index (χ0n) is 81.8.